The van der Waals surface area contributed by atoms with E-state index < -0.39 is 90.0 Å². The SMILES string of the molecule is C.C.CN1C(C(=O)Nc2ccc(F)c(Cl)c2)=CC(c2cc(Cl)c(Br)s2)=NS1(=O)=O.CN1C(C(=O)Nc2ccc(F)c(Cl)c2)CC(c2cc(Cl)c(-c3cnn(C)c3)s2)NS1(=O)=O.CN1C(C(=O)Nc2ccc(F)c(Cl)c2)CC(c2cc(Cl)c(Br)s2)NS1(=O)=O. The number of hydrogen-bond acceptors (Lipinski definition) is 13. The fourth-order valence-corrected chi connectivity index (χ4v) is 17.3. The summed E-state index contributed by atoms with van der Waals surface area (Å²) in [6, 6.07) is 12.8. The van der Waals surface area contributed by atoms with Crippen LogP contribution >= 0.6 is 135 Å². The monoisotopic (exact) mass is 1570 g/mol. The van der Waals surface area contributed by atoms with Crippen molar-refractivity contribution in [3.05, 3.63) is 167 Å². The van der Waals surface area contributed by atoms with E-state index in [9.17, 15) is 52.8 Å². The van der Waals surface area contributed by atoms with E-state index in [2.05, 4.69) is 66.8 Å². The molecular formula is C51H48Br2Cl6F3N11O9S6. The Balaban J connectivity index is 0.000000209. The lowest BCUT2D eigenvalue weighted by Crippen LogP contribution is -2.55. The summed E-state index contributed by atoms with van der Waals surface area (Å²) in [6.45, 7) is 0. The molecule has 0 radical (unpaired) electrons. The van der Waals surface area contributed by atoms with Gasteiger partial charge in [-0.2, -0.15) is 48.4 Å². The summed E-state index contributed by atoms with van der Waals surface area (Å²) in [5.41, 5.74) is 1.47. The van der Waals surface area contributed by atoms with Crippen LogP contribution in [0.4, 0.5) is 30.2 Å². The molecule has 0 aliphatic carbocycles. The maximum absolute atomic E-state index is 13.4. The van der Waals surface area contributed by atoms with Crippen molar-refractivity contribution in [3.63, 3.8) is 0 Å². The number of aromatic nitrogens is 2. The van der Waals surface area contributed by atoms with Crippen LogP contribution in [0.1, 0.15) is 54.4 Å². The summed E-state index contributed by atoms with van der Waals surface area (Å²) >= 11 is 46.0. The van der Waals surface area contributed by atoms with Gasteiger partial charge in [0.1, 0.15) is 35.2 Å². The number of nitrogens with one attached hydrogen (secondary N) is 5. The Morgan fingerprint density at radius 2 is 1.03 bits per heavy atom. The maximum atomic E-state index is 13.4. The lowest BCUT2D eigenvalue weighted by Gasteiger charge is -2.35. The Morgan fingerprint density at radius 3 is 1.44 bits per heavy atom. The molecule has 474 valence electrons. The fourth-order valence-electron chi connectivity index (χ4n) is 8.14. The molecule has 10 rings (SSSR count). The van der Waals surface area contributed by atoms with E-state index in [-0.39, 0.29) is 71.2 Å². The highest BCUT2D eigenvalue weighted by Gasteiger charge is 2.43. The molecule has 7 aromatic rings. The summed E-state index contributed by atoms with van der Waals surface area (Å²) in [5.74, 6) is -3.70. The average Bonchev–Trinajstić information content (AvgIpc) is 1.67. The van der Waals surface area contributed by atoms with Gasteiger partial charge in [-0.05, 0) is 124 Å². The fraction of sp³-hybridized carbons (Fsp3) is 0.235. The highest BCUT2D eigenvalue weighted by atomic mass is 79.9. The van der Waals surface area contributed by atoms with Crippen molar-refractivity contribution < 1.29 is 52.8 Å². The molecule has 5 N–H and O–H groups in total. The van der Waals surface area contributed by atoms with Crippen LogP contribution < -0.4 is 25.4 Å². The van der Waals surface area contributed by atoms with Crippen molar-refractivity contribution in [1.29, 1.82) is 0 Å². The number of nitrogens with zero attached hydrogens (tertiary/aromatic N) is 6. The van der Waals surface area contributed by atoms with Crippen LogP contribution in [0.15, 0.2) is 109 Å². The zero-order valence-electron chi connectivity index (χ0n) is 43.8. The number of allylic oxidation sites excluding steroid dienone is 1. The molecule has 3 amide bonds. The molecule has 2 saturated heterocycles. The third-order valence-corrected chi connectivity index (χ3v) is 24.8. The molecule has 88 heavy (non-hydrogen) atoms. The second kappa shape index (κ2) is 29.6. The topological polar surface area (TPSA) is 254 Å². The molecule has 4 atom stereocenters. The van der Waals surface area contributed by atoms with Gasteiger partial charge in [0.05, 0.1) is 71.5 Å². The Morgan fingerprint density at radius 1 is 0.602 bits per heavy atom. The van der Waals surface area contributed by atoms with Crippen molar-refractivity contribution in [3.8, 4) is 10.4 Å². The predicted molar refractivity (Wildman–Crippen MR) is 352 cm³/mol. The summed E-state index contributed by atoms with van der Waals surface area (Å²) in [7, 11) is -6.30. The van der Waals surface area contributed by atoms with Gasteiger partial charge in [0.2, 0.25) is 11.8 Å². The number of aryl methyl sites for hydroxylation is 1. The molecule has 3 aromatic carbocycles. The second-order valence-corrected chi connectivity index (χ2v) is 31.8. The van der Waals surface area contributed by atoms with Gasteiger partial charge in [-0.15, -0.1) is 38.4 Å². The second-order valence-electron chi connectivity index (χ2n) is 18.4. The molecule has 4 aromatic heterocycles. The van der Waals surface area contributed by atoms with Crippen LogP contribution in [0.25, 0.3) is 10.4 Å². The molecule has 0 spiro atoms. The molecule has 20 nitrogen and oxygen atoms in total. The number of carbonyl (C=O) groups is 3. The number of amides is 3. The van der Waals surface area contributed by atoms with Gasteiger partial charge >= 0.3 is 10.2 Å². The van der Waals surface area contributed by atoms with Crippen LogP contribution in [0.5, 0.6) is 0 Å². The minimum atomic E-state index is -4.11. The van der Waals surface area contributed by atoms with Crippen molar-refractivity contribution >= 4 is 207 Å². The minimum absolute atomic E-state index is 0. The van der Waals surface area contributed by atoms with E-state index in [4.69, 9.17) is 69.6 Å². The lowest BCUT2D eigenvalue weighted by molar-refractivity contribution is -0.120. The van der Waals surface area contributed by atoms with Crippen LogP contribution in [0.2, 0.25) is 30.1 Å². The summed E-state index contributed by atoms with van der Waals surface area (Å²) in [4.78, 5) is 40.8. The van der Waals surface area contributed by atoms with E-state index in [1.54, 1.807) is 36.1 Å². The number of halogens is 11. The Labute approximate surface area is 563 Å². The van der Waals surface area contributed by atoms with Crippen molar-refractivity contribution in [2.24, 2.45) is 11.4 Å². The average molecular weight is 1580 g/mol. The highest BCUT2D eigenvalue weighted by molar-refractivity contribution is 9.11. The third kappa shape index (κ3) is 17.1. The number of thiophene rings is 3. The number of anilines is 3. The first-order valence-corrected chi connectivity index (χ1v) is 34.6. The molecule has 0 bridgehead atoms. The number of benzene rings is 3. The van der Waals surface area contributed by atoms with Crippen LogP contribution in [-0.4, -0.2) is 105 Å². The maximum Gasteiger partial charge on any atom is 0.345 e. The van der Waals surface area contributed by atoms with E-state index in [1.807, 2.05) is 6.20 Å². The molecule has 0 saturated carbocycles. The van der Waals surface area contributed by atoms with Gasteiger partial charge in [0.25, 0.3) is 26.3 Å². The van der Waals surface area contributed by atoms with Gasteiger partial charge < -0.3 is 16.0 Å². The highest BCUT2D eigenvalue weighted by Crippen LogP contribution is 2.43. The smallest absolute Gasteiger partial charge is 0.325 e. The molecule has 3 aliphatic rings. The van der Waals surface area contributed by atoms with Crippen molar-refractivity contribution in [2.75, 3.05) is 37.1 Å². The van der Waals surface area contributed by atoms with E-state index >= 15 is 0 Å². The van der Waals surface area contributed by atoms with E-state index in [1.165, 1.54) is 97.6 Å². The minimum Gasteiger partial charge on any atom is -0.325 e. The molecular weight excluding hydrogens is 1530 g/mol. The Hall–Kier alpha value is -4.23. The number of hydrogen-bond donors (Lipinski definition) is 5. The van der Waals surface area contributed by atoms with Gasteiger partial charge in [-0.25, -0.2) is 17.5 Å². The zero-order valence-corrected chi connectivity index (χ0v) is 56.5. The van der Waals surface area contributed by atoms with Crippen molar-refractivity contribution in [1.82, 2.24) is 32.1 Å². The Kier molecular flexibility index (Phi) is 24.5. The largest absolute Gasteiger partial charge is 0.345 e. The van der Waals surface area contributed by atoms with E-state index in [0.29, 0.717) is 37.3 Å². The van der Waals surface area contributed by atoms with Gasteiger partial charge in [0, 0.05) is 66.8 Å². The van der Waals surface area contributed by atoms with Crippen LogP contribution in [-0.2, 0) is 52.1 Å². The molecule has 4 unspecified atom stereocenters. The number of likely N-dealkylation sites (N-methyl/N-ethyl adjacent to an activating group) is 3. The van der Waals surface area contributed by atoms with Gasteiger partial charge in [0.15, 0.2) is 0 Å². The van der Waals surface area contributed by atoms with E-state index in [0.717, 1.165) is 41.6 Å². The normalized spacial score (nSPS) is 19.4. The standard InChI is InChI=1S/C19H18Cl2FN5O3S2.C15H13BrCl2FN3O3S2.C15H9BrCl2FN3O3S2.2CH4/c1-26-9-10(8-23-26)18-13(21)6-17(31-18)15-7-16(27(2)32(29,30)25-15)19(28)24-11-3-4-14(22)12(20)5-11;2*1-22-12(15(23)20-7-2-3-10(19)8(17)4-7)6-11(21-27(22,24)25)13-5-9(18)14(16)26-13;;/h3-6,8-9,15-16,25H,7H2,1-2H3,(H,24,28);2-5,11-12,21H,6H2,1H3,(H,20,23);2-6H,1H3,(H,20,23);2*1H4. The first-order chi connectivity index (χ1) is 40.2. The van der Waals surface area contributed by atoms with Crippen LogP contribution in [0.3, 0.4) is 0 Å². The number of carbonyl (C=O) groups excluding carboxylic acids is 3. The quantitative estimate of drug-likeness (QED) is 0.0865. The Bertz CT molecular complexity index is 4220. The summed E-state index contributed by atoms with van der Waals surface area (Å²) in [5, 5.41) is 12.7. The molecule has 7 heterocycles. The number of rotatable bonds is 10. The zero-order chi connectivity index (χ0) is 63.1. The lowest BCUT2D eigenvalue weighted by atomic mass is 10.1. The van der Waals surface area contributed by atoms with Gasteiger partial charge in [-0.3, -0.25) is 19.1 Å². The molecule has 37 heteroatoms. The summed E-state index contributed by atoms with van der Waals surface area (Å²) < 4.78 is 129. The first-order valence-electron chi connectivity index (χ1n) is 24.0. The van der Waals surface area contributed by atoms with Gasteiger partial charge in [-0.1, -0.05) is 84.5 Å². The van der Waals surface area contributed by atoms with Crippen LogP contribution in [0, 0.1) is 17.5 Å². The predicted octanol–water partition coefficient (Wildman–Crippen LogP) is 13.7. The molecule has 3 aliphatic heterocycles. The first kappa shape index (κ1) is 72.8. The molecule has 2 fully saturated rings. The van der Waals surface area contributed by atoms with Crippen molar-refractivity contribution in [2.45, 2.75) is 51.9 Å². The summed E-state index contributed by atoms with van der Waals surface area (Å²) in [6.07, 6.45) is 5.17. The third-order valence-electron chi connectivity index (χ3n) is 12.6.